The van der Waals surface area contributed by atoms with E-state index in [4.69, 9.17) is 9.47 Å². The Bertz CT molecular complexity index is 488. The summed E-state index contributed by atoms with van der Waals surface area (Å²) < 4.78 is 11.4. The normalized spacial score (nSPS) is 10.8. The number of carbonyl (C=O) groups excluding carboxylic acids is 2. The molecule has 6 heteroatoms. The number of ether oxygens (including phenoxy) is 2. The molecule has 0 aromatic heterocycles. The van der Waals surface area contributed by atoms with Crippen molar-refractivity contribution in [3.63, 3.8) is 0 Å². The summed E-state index contributed by atoms with van der Waals surface area (Å²) >= 11 is 3.34. The average Bonchev–Trinajstić information content (AvgIpc) is 2.32. The quantitative estimate of drug-likeness (QED) is 0.635. The van der Waals surface area contributed by atoms with Crippen molar-refractivity contribution in [2.24, 2.45) is 0 Å². The van der Waals surface area contributed by atoms with Gasteiger partial charge in [0.1, 0.15) is 24.5 Å². The van der Waals surface area contributed by atoms with Crippen LogP contribution in [0, 0.1) is 0 Å². The Morgan fingerprint density at radius 1 is 1.30 bits per heavy atom. The maximum Gasteiger partial charge on any atom is 0.331 e. The molecule has 0 aliphatic rings. The van der Waals surface area contributed by atoms with Gasteiger partial charge >= 0.3 is 5.97 Å². The lowest BCUT2D eigenvalue weighted by molar-refractivity contribution is -0.152. The lowest BCUT2D eigenvalue weighted by atomic mass is 10.1. The van der Waals surface area contributed by atoms with Crippen LogP contribution >= 0.6 is 15.9 Å². The van der Waals surface area contributed by atoms with Crippen LogP contribution in [0.4, 0.5) is 0 Å². The van der Waals surface area contributed by atoms with Crippen LogP contribution < -0.4 is 10.1 Å². The van der Waals surface area contributed by atoms with E-state index in [0.717, 1.165) is 4.47 Å². The Balaban J connectivity index is 2.34. The Kier molecular flexibility index (Phi) is 6.01. The first-order valence-electron chi connectivity index (χ1n) is 6.15. The largest absolute Gasteiger partial charge is 0.490 e. The summed E-state index contributed by atoms with van der Waals surface area (Å²) in [5, 5.41) is 2.52. The SMILES string of the molecule is CC(=O)NC(C)(C)C(=O)OCCOc1cccc(Br)c1. The van der Waals surface area contributed by atoms with Crippen LogP contribution in [0.1, 0.15) is 20.8 Å². The number of benzene rings is 1. The predicted molar refractivity (Wildman–Crippen MR) is 78.5 cm³/mol. The molecule has 0 unspecified atom stereocenters. The molecule has 0 saturated carbocycles. The lowest BCUT2D eigenvalue weighted by Crippen LogP contribution is -2.50. The fourth-order valence-electron chi connectivity index (χ4n) is 1.52. The molecule has 0 heterocycles. The third-order valence-electron chi connectivity index (χ3n) is 2.38. The summed E-state index contributed by atoms with van der Waals surface area (Å²) in [5.74, 6) is -0.0839. The second kappa shape index (κ2) is 7.28. The van der Waals surface area contributed by atoms with Gasteiger partial charge in [0.2, 0.25) is 5.91 Å². The van der Waals surface area contributed by atoms with Gasteiger partial charge in [0.25, 0.3) is 0 Å². The van der Waals surface area contributed by atoms with Crippen LogP contribution in [-0.4, -0.2) is 30.6 Å². The van der Waals surface area contributed by atoms with E-state index in [9.17, 15) is 9.59 Å². The smallest absolute Gasteiger partial charge is 0.331 e. The number of esters is 1. The highest BCUT2D eigenvalue weighted by Gasteiger charge is 2.29. The number of nitrogens with one attached hydrogen (secondary N) is 1. The third kappa shape index (κ3) is 5.61. The van der Waals surface area contributed by atoms with E-state index < -0.39 is 11.5 Å². The van der Waals surface area contributed by atoms with E-state index in [1.54, 1.807) is 13.8 Å². The van der Waals surface area contributed by atoms with Gasteiger partial charge in [-0.05, 0) is 32.0 Å². The monoisotopic (exact) mass is 343 g/mol. The number of halogens is 1. The topological polar surface area (TPSA) is 64.6 Å². The molecule has 5 nitrogen and oxygen atoms in total. The molecule has 1 N–H and O–H groups in total. The van der Waals surface area contributed by atoms with E-state index >= 15 is 0 Å². The standard InChI is InChI=1S/C14H18BrNO4/c1-10(17)16-14(2,3)13(18)20-8-7-19-12-6-4-5-11(15)9-12/h4-6,9H,7-8H2,1-3H3,(H,16,17). The van der Waals surface area contributed by atoms with Gasteiger partial charge in [-0.25, -0.2) is 4.79 Å². The summed E-state index contributed by atoms with van der Waals surface area (Å²) in [7, 11) is 0. The minimum Gasteiger partial charge on any atom is -0.490 e. The molecular weight excluding hydrogens is 326 g/mol. The van der Waals surface area contributed by atoms with Gasteiger partial charge in [0.05, 0.1) is 0 Å². The Morgan fingerprint density at radius 3 is 2.60 bits per heavy atom. The van der Waals surface area contributed by atoms with Crippen molar-refractivity contribution in [3.05, 3.63) is 28.7 Å². The Morgan fingerprint density at radius 2 is 2.00 bits per heavy atom. The molecule has 1 rings (SSSR count). The van der Waals surface area contributed by atoms with Crippen LogP contribution in [0.15, 0.2) is 28.7 Å². The predicted octanol–water partition coefficient (Wildman–Crippen LogP) is 2.29. The first-order valence-corrected chi connectivity index (χ1v) is 6.95. The second-order valence-corrected chi connectivity index (χ2v) is 5.66. The van der Waals surface area contributed by atoms with E-state index in [2.05, 4.69) is 21.2 Å². The molecule has 0 atom stereocenters. The van der Waals surface area contributed by atoms with Crippen LogP contribution in [0.3, 0.4) is 0 Å². The molecule has 0 aliphatic heterocycles. The zero-order chi connectivity index (χ0) is 15.2. The van der Waals surface area contributed by atoms with E-state index in [-0.39, 0.29) is 19.1 Å². The minimum absolute atomic E-state index is 0.119. The molecule has 1 amide bonds. The van der Waals surface area contributed by atoms with Crippen LogP contribution in [0.5, 0.6) is 5.75 Å². The summed E-state index contributed by atoms with van der Waals surface area (Å²) in [5.41, 5.74) is -1.04. The van der Waals surface area contributed by atoms with Gasteiger partial charge in [-0.15, -0.1) is 0 Å². The van der Waals surface area contributed by atoms with Crippen LogP contribution in [-0.2, 0) is 14.3 Å². The molecule has 1 aromatic carbocycles. The highest BCUT2D eigenvalue weighted by molar-refractivity contribution is 9.10. The highest BCUT2D eigenvalue weighted by Crippen LogP contribution is 2.17. The van der Waals surface area contributed by atoms with Crippen molar-refractivity contribution < 1.29 is 19.1 Å². The lowest BCUT2D eigenvalue weighted by Gasteiger charge is -2.23. The van der Waals surface area contributed by atoms with Crippen LogP contribution in [0.2, 0.25) is 0 Å². The van der Waals surface area contributed by atoms with Gasteiger partial charge in [-0.1, -0.05) is 22.0 Å². The van der Waals surface area contributed by atoms with Gasteiger partial charge in [-0.2, -0.15) is 0 Å². The van der Waals surface area contributed by atoms with Crippen molar-refractivity contribution in [1.82, 2.24) is 5.32 Å². The van der Waals surface area contributed by atoms with Gasteiger partial charge in [-0.3, -0.25) is 4.79 Å². The fourth-order valence-corrected chi connectivity index (χ4v) is 1.90. The van der Waals surface area contributed by atoms with Gasteiger partial charge in [0.15, 0.2) is 0 Å². The van der Waals surface area contributed by atoms with E-state index in [1.807, 2.05) is 24.3 Å². The summed E-state index contributed by atoms with van der Waals surface area (Å²) in [4.78, 5) is 22.7. The first kappa shape index (κ1) is 16.5. The number of amides is 1. The fraction of sp³-hybridized carbons (Fsp3) is 0.429. The van der Waals surface area contributed by atoms with Crippen LogP contribution in [0.25, 0.3) is 0 Å². The molecule has 0 spiro atoms. The van der Waals surface area contributed by atoms with Gasteiger partial charge in [0, 0.05) is 11.4 Å². The minimum atomic E-state index is -1.04. The maximum atomic E-state index is 11.8. The van der Waals surface area contributed by atoms with Crippen molar-refractivity contribution >= 4 is 27.8 Å². The molecule has 0 aliphatic carbocycles. The number of carbonyl (C=O) groups is 2. The first-order chi connectivity index (χ1) is 9.31. The average molecular weight is 344 g/mol. The molecule has 0 fully saturated rings. The maximum absolute atomic E-state index is 11.8. The van der Waals surface area contributed by atoms with Gasteiger partial charge < -0.3 is 14.8 Å². The molecule has 0 radical (unpaired) electrons. The number of rotatable bonds is 6. The summed E-state index contributed by atoms with van der Waals surface area (Å²) in [6.45, 7) is 4.90. The zero-order valence-electron chi connectivity index (χ0n) is 11.7. The Labute approximate surface area is 126 Å². The summed E-state index contributed by atoms with van der Waals surface area (Å²) in [6.07, 6.45) is 0. The van der Waals surface area contributed by atoms with Crippen molar-refractivity contribution in [1.29, 1.82) is 0 Å². The number of hydrogen-bond donors (Lipinski definition) is 1. The molecule has 110 valence electrons. The molecule has 1 aromatic rings. The van der Waals surface area contributed by atoms with Crippen molar-refractivity contribution in [2.75, 3.05) is 13.2 Å². The highest BCUT2D eigenvalue weighted by atomic mass is 79.9. The van der Waals surface area contributed by atoms with Crippen molar-refractivity contribution in [2.45, 2.75) is 26.3 Å². The van der Waals surface area contributed by atoms with E-state index in [0.29, 0.717) is 5.75 Å². The molecule has 0 bridgehead atoms. The second-order valence-electron chi connectivity index (χ2n) is 4.75. The third-order valence-corrected chi connectivity index (χ3v) is 2.87. The summed E-state index contributed by atoms with van der Waals surface area (Å²) in [6, 6.07) is 7.38. The molecule has 20 heavy (non-hydrogen) atoms. The number of hydrogen-bond acceptors (Lipinski definition) is 4. The van der Waals surface area contributed by atoms with E-state index in [1.165, 1.54) is 6.92 Å². The molecule has 0 saturated heterocycles. The Hall–Kier alpha value is -1.56. The van der Waals surface area contributed by atoms with Crippen molar-refractivity contribution in [3.8, 4) is 5.75 Å². The molecular formula is C14H18BrNO4. The zero-order valence-corrected chi connectivity index (χ0v) is 13.3.